The standard InChI is InChI=1S/C14H17BrClN/c15-12-8-11(16)4-5-13(12)17-9-14(10-17)6-2-1-3-7-14/h4-5,8H,1-3,6-7,9-10H2. The van der Waals surface area contributed by atoms with Gasteiger partial charge in [-0.3, -0.25) is 0 Å². The highest BCUT2D eigenvalue weighted by Gasteiger charge is 2.43. The molecule has 1 spiro atoms. The second-order valence-electron chi connectivity index (χ2n) is 5.51. The van der Waals surface area contributed by atoms with Gasteiger partial charge in [0.2, 0.25) is 0 Å². The summed E-state index contributed by atoms with van der Waals surface area (Å²) >= 11 is 9.59. The first-order valence-corrected chi connectivity index (χ1v) is 7.56. The van der Waals surface area contributed by atoms with Crippen molar-refractivity contribution in [1.82, 2.24) is 0 Å². The molecule has 92 valence electrons. The molecule has 3 rings (SSSR count). The van der Waals surface area contributed by atoms with Crippen molar-refractivity contribution in [2.24, 2.45) is 5.41 Å². The first-order chi connectivity index (χ1) is 8.19. The third kappa shape index (κ3) is 2.22. The maximum absolute atomic E-state index is 5.98. The lowest BCUT2D eigenvalue weighted by Crippen LogP contribution is -2.57. The minimum Gasteiger partial charge on any atom is -0.369 e. The van der Waals surface area contributed by atoms with Crippen LogP contribution in [0.25, 0.3) is 0 Å². The van der Waals surface area contributed by atoms with Crippen LogP contribution in [0.1, 0.15) is 32.1 Å². The third-order valence-electron chi connectivity index (χ3n) is 4.22. The molecule has 0 bridgehead atoms. The summed E-state index contributed by atoms with van der Waals surface area (Å²) < 4.78 is 1.12. The molecule has 1 saturated heterocycles. The van der Waals surface area contributed by atoms with Crippen molar-refractivity contribution >= 4 is 33.2 Å². The van der Waals surface area contributed by atoms with Gasteiger partial charge >= 0.3 is 0 Å². The number of nitrogens with zero attached hydrogens (tertiary/aromatic N) is 1. The van der Waals surface area contributed by atoms with E-state index in [4.69, 9.17) is 11.6 Å². The number of hydrogen-bond donors (Lipinski definition) is 0. The molecule has 1 aromatic rings. The summed E-state index contributed by atoms with van der Waals surface area (Å²) in [6.07, 6.45) is 7.14. The van der Waals surface area contributed by atoms with Crippen LogP contribution < -0.4 is 4.90 Å². The molecule has 2 aliphatic rings. The van der Waals surface area contributed by atoms with E-state index in [9.17, 15) is 0 Å². The first kappa shape index (κ1) is 11.9. The summed E-state index contributed by atoms with van der Waals surface area (Å²) in [7, 11) is 0. The number of anilines is 1. The molecule has 3 heteroatoms. The van der Waals surface area contributed by atoms with Gasteiger partial charge in [0.1, 0.15) is 0 Å². The van der Waals surface area contributed by atoms with Crippen molar-refractivity contribution in [3.05, 3.63) is 27.7 Å². The zero-order valence-corrected chi connectivity index (χ0v) is 12.2. The van der Waals surface area contributed by atoms with E-state index < -0.39 is 0 Å². The van der Waals surface area contributed by atoms with Gasteiger partial charge in [0.15, 0.2) is 0 Å². The molecule has 17 heavy (non-hydrogen) atoms. The van der Waals surface area contributed by atoms with E-state index in [-0.39, 0.29) is 0 Å². The van der Waals surface area contributed by atoms with E-state index in [1.807, 2.05) is 12.1 Å². The van der Waals surface area contributed by atoms with Crippen molar-refractivity contribution in [2.45, 2.75) is 32.1 Å². The Morgan fingerprint density at radius 3 is 2.47 bits per heavy atom. The fraction of sp³-hybridized carbons (Fsp3) is 0.571. The van der Waals surface area contributed by atoms with Gasteiger partial charge in [-0.2, -0.15) is 0 Å². The Bertz CT molecular complexity index is 418. The van der Waals surface area contributed by atoms with Crippen LogP contribution in [0.15, 0.2) is 22.7 Å². The van der Waals surface area contributed by atoms with E-state index in [0.717, 1.165) is 9.50 Å². The van der Waals surface area contributed by atoms with E-state index in [2.05, 4.69) is 26.9 Å². The molecule has 0 radical (unpaired) electrons. The number of halogens is 2. The second kappa shape index (κ2) is 4.47. The zero-order valence-electron chi connectivity index (χ0n) is 9.88. The predicted octanol–water partition coefficient (Wildman–Crippen LogP) is 4.87. The van der Waals surface area contributed by atoms with Gasteiger partial charge in [-0.1, -0.05) is 30.9 Å². The second-order valence-corrected chi connectivity index (χ2v) is 6.80. The molecule has 2 fully saturated rings. The Morgan fingerprint density at radius 2 is 1.82 bits per heavy atom. The van der Waals surface area contributed by atoms with E-state index in [0.29, 0.717) is 5.41 Å². The van der Waals surface area contributed by atoms with Crippen molar-refractivity contribution < 1.29 is 0 Å². The van der Waals surface area contributed by atoms with Crippen LogP contribution >= 0.6 is 27.5 Å². The van der Waals surface area contributed by atoms with Crippen molar-refractivity contribution in [3.8, 4) is 0 Å². The van der Waals surface area contributed by atoms with Crippen LogP contribution in [0, 0.1) is 5.41 Å². The Hall–Kier alpha value is -0.210. The van der Waals surface area contributed by atoms with Crippen molar-refractivity contribution in [3.63, 3.8) is 0 Å². The number of hydrogen-bond acceptors (Lipinski definition) is 1. The summed E-state index contributed by atoms with van der Waals surface area (Å²) in [6, 6.07) is 6.10. The van der Waals surface area contributed by atoms with Gasteiger partial charge in [-0.15, -0.1) is 0 Å². The molecule has 1 aromatic carbocycles. The van der Waals surface area contributed by atoms with E-state index in [1.54, 1.807) is 0 Å². The van der Waals surface area contributed by atoms with Gasteiger partial charge in [-0.25, -0.2) is 0 Å². The summed E-state index contributed by atoms with van der Waals surface area (Å²) in [5.41, 5.74) is 1.93. The van der Waals surface area contributed by atoms with Gasteiger partial charge < -0.3 is 4.90 Å². The molecular weight excluding hydrogens is 298 g/mol. The van der Waals surface area contributed by atoms with E-state index in [1.165, 1.54) is 50.9 Å². The third-order valence-corrected chi connectivity index (χ3v) is 5.09. The van der Waals surface area contributed by atoms with Gasteiger partial charge in [0.25, 0.3) is 0 Å². The molecule has 0 N–H and O–H groups in total. The van der Waals surface area contributed by atoms with Gasteiger partial charge in [0.05, 0.1) is 5.69 Å². The van der Waals surface area contributed by atoms with Gasteiger partial charge in [0, 0.05) is 28.0 Å². The fourth-order valence-electron chi connectivity index (χ4n) is 3.29. The predicted molar refractivity (Wildman–Crippen MR) is 76.9 cm³/mol. The Balaban J connectivity index is 1.72. The Labute approximate surface area is 116 Å². The minimum atomic E-state index is 0.636. The number of benzene rings is 1. The Morgan fingerprint density at radius 1 is 1.12 bits per heavy atom. The van der Waals surface area contributed by atoms with Crippen LogP contribution in [0.5, 0.6) is 0 Å². The lowest BCUT2D eigenvalue weighted by molar-refractivity contribution is 0.139. The maximum Gasteiger partial charge on any atom is 0.0512 e. The summed E-state index contributed by atoms with van der Waals surface area (Å²) in [5.74, 6) is 0. The van der Waals surface area contributed by atoms with Crippen LogP contribution in [-0.4, -0.2) is 13.1 Å². The smallest absolute Gasteiger partial charge is 0.0512 e. The molecule has 1 heterocycles. The van der Waals surface area contributed by atoms with Crippen LogP contribution in [0.2, 0.25) is 5.02 Å². The molecule has 1 nitrogen and oxygen atoms in total. The quantitative estimate of drug-likeness (QED) is 0.714. The average molecular weight is 315 g/mol. The fourth-order valence-corrected chi connectivity index (χ4v) is 4.22. The zero-order chi connectivity index (χ0) is 11.9. The molecular formula is C14H17BrClN. The highest BCUT2D eigenvalue weighted by Crippen LogP contribution is 2.46. The van der Waals surface area contributed by atoms with Gasteiger partial charge in [-0.05, 0) is 47.0 Å². The lowest BCUT2D eigenvalue weighted by Gasteiger charge is -2.53. The molecule has 0 unspecified atom stereocenters. The normalized spacial score (nSPS) is 22.6. The highest BCUT2D eigenvalue weighted by molar-refractivity contribution is 9.10. The summed E-state index contributed by atoms with van der Waals surface area (Å²) in [5, 5.41) is 0.800. The monoisotopic (exact) mass is 313 g/mol. The van der Waals surface area contributed by atoms with Crippen LogP contribution in [0.3, 0.4) is 0 Å². The number of rotatable bonds is 1. The summed E-state index contributed by atoms with van der Waals surface area (Å²) in [6.45, 7) is 2.46. The topological polar surface area (TPSA) is 3.24 Å². The molecule has 0 amide bonds. The average Bonchev–Trinajstić information content (AvgIpc) is 2.27. The van der Waals surface area contributed by atoms with E-state index >= 15 is 0 Å². The molecule has 1 aliphatic carbocycles. The van der Waals surface area contributed by atoms with Crippen LogP contribution in [0.4, 0.5) is 5.69 Å². The Kier molecular flexibility index (Phi) is 3.12. The molecule has 0 atom stereocenters. The minimum absolute atomic E-state index is 0.636. The van der Waals surface area contributed by atoms with Crippen LogP contribution in [-0.2, 0) is 0 Å². The summed E-state index contributed by atoms with van der Waals surface area (Å²) in [4.78, 5) is 2.48. The molecule has 1 saturated carbocycles. The largest absolute Gasteiger partial charge is 0.369 e. The molecule has 1 aliphatic heterocycles. The lowest BCUT2D eigenvalue weighted by atomic mass is 9.68. The van der Waals surface area contributed by atoms with Crippen molar-refractivity contribution in [2.75, 3.05) is 18.0 Å². The maximum atomic E-state index is 5.98. The van der Waals surface area contributed by atoms with Crippen molar-refractivity contribution in [1.29, 1.82) is 0 Å². The SMILES string of the molecule is Clc1ccc(N2CC3(CCCCC3)C2)c(Br)c1. The first-order valence-electron chi connectivity index (χ1n) is 6.39. The molecule has 0 aromatic heterocycles. The highest BCUT2D eigenvalue weighted by atomic mass is 79.9.